The highest BCUT2D eigenvalue weighted by molar-refractivity contribution is 5.94. The van der Waals surface area contributed by atoms with E-state index in [2.05, 4.69) is 14.9 Å². The van der Waals surface area contributed by atoms with E-state index in [0.717, 1.165) is 19.5 Å². The molecule has 6 heteroatoms. The maximum Gasteiger partial charge on any atom is 0.343 e. The second-order valence-corrected chi connectivity index (χ2v) is 4.72. The molecule has 1 aromatic heterocycles. The summed E-state index contributed by atoms with van der Waals surface area (Å²) in [6, 6.07) is 0. The van der Waals surface area contributed by atoms with Crippen molar-refractivity contribution in [2.75, 3.05) is 46.2 Å². The minimum absolute atomic E-state index is 0.403. The number of carbonyl (C=O) groups excluding carboxylic acids is 1. The Bertz CT molecular complexity index is 435. The van der Waals surface area contributed by atoms with Crippen LogP contribution in [0.5, 0.6) is 0 Å². The Morgan fingerprint density at radius 3 is 2.58 bits per heavy atom. The van der Waals surface area contributed by atoms with Gasteiger partial charge in [0.25, 0.3) is 0 Å². The van der Waals surface area contributed by atoms with Crippen molar-refractivity contribution in [2.45, 2.75) is 13.3 Å². The summed E-state index contributed by atoms with van der Waals surface area (Å²) in [5.41, 5.74) is 0.403. The molecule has 0 atom stereocenters. The van der Waals surface area contributed by atoms with Gasteiger partial charge in [-0.3, -0.25) is 0 Å². The Balaban J connectivity index is 2.84. The van der Waals surface area contributed by atoms with Crippen molar-refractivity contribution < 1.29 is 9.53 Å². The summed E-state index contributed by atoms with van der Waals surface area (Å²) in [4.78, 5) is 24.2. The van der Waals surface area contributed by atoms with Crippen molar-refractivity contribution in [3.05, 3.63) is 17.6 Å². The molecule has 0 aliphatic rings. The fourth-order valence-corrected chi connectivity index (χ4v) is 1.73. The van der Waals surface area contributed by atoms with Crippen molar-refractivity contribution >= 4 is 11.8 Å². The Labute approximate surface area is 114 Å². The van der Waals surface area contributed by atoms with E-state index in [1.807, 2.05) is 26.0 Å². The number of methoxy groups -OCH3 is 1. The van der Waals surface area contributed by atoms with Crippen LogP contribution in [-0.4, -0.2) is 62.2 Å². The molecular weight excluding hydrogens is 244 g/mol. The number of carbonyl (C=O) groups is 1. The molecule has 0 radical (unpaired) electrons. The number of esters is 1. The molecule has 0 aromatic carbocycles. The van der Waals surface area contributed by atoms with Crippen LogP contribution in [0.3, 0.4) is 0 Å². The molecule has 0 fully saturated rings. The average molecular weight is 266 g/mol. The Morgan fingerprint density at radius 2 is 2.00 bits per heavy atom. The van der Waals surface area contributed by atoms with E-state index in [4.69, 9.17) is 4.74 Å². The van der Waals surface area contributed by atoms with Gasteiger partial charge in [0.2, 0.25) is 0 Å². The van der Waals surface area contributed by atoms with Gasteiger partial charge >= 0.3 is 5.97 Å². The molecule has 0 aliphatic carbocycles. The summed E-state index contributed by atoms with van der Waals surface area (Å²) < 4.78 is 4.76. The summed E-state index contributed by atoms with van der Waals surface area (Å²) in [5.74, 6) is 0.856. The van der Waals surface area contributed by atoms with Crippen LogP contribution in [-0.2, 0) is 4.74 Å². The summed E-state index contributed by atoms with van der Waals surface area (Å²) in [6.45, 7) is 3.61. The zero-order valence-corrected chi connectivity index (χ0v) is 12.3. The first kappa shape index (κ1) is 15.4. The van der Waals surface area contributed by atoms with Crippen LogP contribution in [0.25, 0.3) is 0 Å². The smallest absolute Gasteiger partial charge is 0.343 e. The van der Waals surface area contributed by atoms with E-state index in [-0.39, 0.29) is 0 Å². The number of aromatic nitrogens is 2. The molecule has 0 bridgehead atoms. The first-order valence-corrected chi connectivity index (χ1v) is 6.23. The Kier molecular flexibility index (Phi) is 5.69. The molecule has 0 unspecified atom stereocenters. The van der Waals surface area contributed by atoms with Gasteiger partial charge in [-0.25, -0.2) is 14.8 Å². The molecule has 0 amide bonds. The van der Waals surface area contributed by atoms with Gasteiger partial charge in [-0.05, 0) is 34.0 Å². The van der Waals surface area contributed by atoms with Crippen molar-refractivity contribution in [1.29, 1.82) is 0 Å². The molecule has 19 heavy (non-hydrogen) atoms. The summed E-state index contributed by atoms with van der Waals surface area (Å²) >= 11 is 0. The number of anilines is 1. The standard InChI is InChI=1S/C13H22N4O2/c1-10-14-9-11(13(18)19-5)12(15-10)17(4)8-6-7-16(2)3/h9H,6-8H2,1-5H3. The van der Waals surface area contributed by atoms with Crippen molar-refractivity contribution in [2.24, 2.45) is 0 Å². The number of rotatable bonds is 6. The fraction of sp³-hybridized carbons (Fsp3) is 0.615. The quantitative estimate of drug-likeness (QED) is 0.715. The molecule has 0 N–H and O–H groups in total. The molecule has 0 saturated heterocycles. The number of ether oxygens (including phenoxy) is 1. The van der Waals surface area contributed by atoms with Crippen molar-refractivity contribution in [3.63, 3.8) is 0 Å². The fourth-order valence-electron chi connectivity index (χ4n) is 1.73. The second-order valence-electron chi connectivity index (χ2n) is 4.72. The minimum atomic E-state index is -0.408. The van der Waals surface area contributed by atoms with E-state index in [1.165, 1.54) is 13.3 Å². The van der Waals surface area contributed by atoms with E-state index in [1.54, 1.807) is 6.92 Å². The lowest BCUT2D eigenvalue weighted by Gasteiger charge is -2.21. The van der Waals surface area contributed by atoms with Gasteiger partial charge in [0.15, 0.2) is 0 Å². The van der Waals surface area contributed by atoms with E-state index in [9.17, 15) is 4.79 Å². The van der Waals surface area contributed by atoms with E-state index >= 15 is 0 Å². The van der Waals surface area contributed by atoms with Crippen molar-refractivity contribution in [3.8, 4) is 0 Å². The predicted molar refractivity (Wildman–Crippen MR) is 74.5 cm³/mol. The van der Waals surface area contributed by atoms with Gasteiger partial charge in [0, 0.05) is 19.8 Å². The molecule has 0 saturated carbocycles. The third-order valence-corrected chi connectivity index (χ3v) is 2.75. The number of nitrogens with zero attached hydrogens (tertiary/aromatic N) is 4. The van der Waals surface area contributed by atoms with Gasteiger partial charge in [0.1, 0.15) is 17.2 Å². The Morgan fingerprint density at radius 1 is 1.32 bits per heavy atom. The largest absolute Gasteiger partial charge is 0.465 e. The highest BCUT2D eigenvalue weighted by Crippen LogP contribution is 2.17. The highest BCUT2D eigenvalue weighted by atomic mass is 16.5. The van der Waals surface area contributed by atoms with Crippen molar-refractivity contribution in [1.82, 2.24) is 14.9 Å². The molecule has 0 aliphatic heterocycles. The summed E-state index contributed by atoms with van der Waals surface area (Å²) in [5, 5.41) is 0. The molecule has 1 rings (SSSR count). The van der Waals surface area contributed by atoms with Crippen LogP contribution < -0.4 is 4.90 Å². The monoisotopic (exact) mass is 266 g/mol. The number of aryl methyl sites for hydroxylation is 1. The van der Waals surface area contributed by atoms with Crippen LogP contribution in [0.15, 0.2) is 6.20 Å². The topological polar surface area (TPSA) is 58.6 Å². The molecular formula is C13H22N4O2. The third kappa shape index (κ3) is 4.48. The van der Waals surface area contributed by atoms with Gasteiger partial charge < -0.3 is 14.5 Å². The van der Waals surface area contributed by atoms with Gasteiger partial charge in [-0.1, -0.05) is 0 Å². The van der Waals surface area contributed by atoms with Crippen LogP contribution in [0.2, 0.25) is 0 Å². The van der Waals surface area contributed by atoms with Gasteiger partial charge in [0.05, 0.1) is 7.11 Å². The summed E-state index contributed by atoms with van der Waals surface area (Å²) in [7, 11) is 7.35. The van der Waals surface area contributed by atoms with Crippen LogP contribution in [0.4, 0.5) is 5.82 Å². The van der Waals surface area contributed by atoms with Gasteiger partial charge in [-0.2, -0.15) is 0 Å². The summed E-state index contributed by atoms with van der Waals surface area (Å²) in [6.07, 6.45) is 2.51. The second kappa shape index (κ2) is 7.04. The average Bonchev–Trinajstić information content (AvgIpc) is 2.37. The lowest BCUT2D eigenvalue weighted by molar-refractivity contribution is 0.0600. The lowest BCUT2D eigenvalue weighted by Crippen LogP contribution is -2.26. The molecule has 106 valence electrons. The highest BCUT2D eigenvalue weighted by Gasteiger charge is 2.17. The lowest BCUT2D eigenvalue weighted by atomic mass is 10.2. The van der Waals surface area contributed by atoms with E-state index in [0.29, 0.717) is 17.2 Å². The molecule has 0 spiro atoms. The molecule has 6 nitrogen and oxygen atoms in total. The van der Waals surface area contributed by atoms with E-state index < -0.39 is 5.97 Å². The minimum Gasteiger partial charge on any atom is -0.465 e. The molecule has 1 aromatic rings. The number of hydrogen-bond acceptors (Lipinski definition) is 6. The normalized spacial score (nSPS) is 10.6. The first-order valence-electron chi connectivity index (χ1n) is 6.23. The van der Waals surface area contributed by atoms with Crippen LogP contribution in [0.1, 0.15) is 22.6 Å². The third-order valence-electron chi connectivity index (χ3n) is 2.75. The predicted octanol–water partition coefficient (Wildman–Crippen LogP) is 0.960. The molecule has 1 heterocycles. The Hall–Kier alpha value is -1.69. The zero-order chi connectivity index (χ0) is 14.4. The first-order chi connectivity index (χ1) is 8.95. The maximum absolute atomic E-state index is 11.7. The zero-order valence-electron chi connectivity index (χ0n) is 12.3. The SMILES string of the molecule is COC(=O)c1cnc(C)nc1N(C)CCCN(C)C. The van der Waals surface area contributed by atoms with Gasteiger partial charge in [-0.15, -0.1) is 0 Å². The maximum atomic E-state index is 11.7. The van der Waals surface area contributed by atoms with Crippen LogP contribution >= 0.6 is 0 Å². The number of hydrogen-bond donors (Lipinski definition) is 0. The van der Waals surface area contributed by atoms with Crippen LogP contribution in [0, 0.1) is 6.92 Å².